The highest BCUT2D eigenvalue weighted by Gasteiger charge is 2.14. The maximum absolute atomic E-state index is 5.89. The predicted octanol–water partition coefficient (Wildman–Crippen LogP) is 4.14. The van der Waals surface area contributed by atoms with Crippen LogP contribution in [0.5, 0.6) is 0 Å². The van der Waals surface area contributed by atoms with Crippen LogP contribution < -0.4 is 17.0 Å². The van der Waals surface area contributed by atoms with Gasteiger partial charge in [0.1, 0.15) is 0 Å². The molecule has 0 aromatic carbocycles. The highest BCUT2D eigenvalue weighted by Crippen LogP contribution is 2.47. The van der Waals surface area contributed by atoms with E-state index in [1.807, 2.05) is 0 Å². The molecule has 0 bridgehead atoms. The molecule has 0 saturated heterocycles. The molecule has 0 aromatic heterocycles. The summed E-state index contributed by atoms with van der Waals surface area (Å²) in [6, 6.07) is 0. The van der Waals surface area contributed by atoms with E-state index in [1.54, 1.807) is 0 Å². The Hall–Kier alpha value is 0.570. The van der Waals surface area contributed by atoms with Crippen LogP contribution in [0.3, 0.4) is 0 Å². The molecule has 158 valence electrons. The monoisotopic (exact) mass is 452 g/mol. The Morgan fingerprint density at radius 1 is 0.731 bits per heavy atom. The first-order valence-electron chi connectivity index (χ1n) is 10.7. The molecule has 2 nitrogen and oxygen atoms in total. The Morgan fingerprint density at radius 2 is 1.27 bits per heavy atom. The second-order valence-electron chi connectivity index (χ2n) is 8.14. The maximum atomic E-state index is 5.89. The van der Waals surface area contributed by atoms with Crippen LogP contribution in [0.4, 0.5) is 0 Å². The molecule has 0 spiro atoms. The highest BCUT2D eigenvalue weighted by atomic mass is 79.9. The number of halogens is 1. The van der Waals surface area contributed by atoms with E-state index in [4.69, 9.17) is 9.47 Å². The van der Waals surface area contributed by atoms with E-state index in [1.165, 1.54) is 57.5 Å². The van der Waals surface area contributed by atoms with Crippen molar-refractivity contribution in [2.45, 2.75) is 90.8 Å². The zero-order valence-electron chi connectivity index (χ0n) is 18.3. The van der Waals surface area contributed by atoms with Crippen molar-refractivity contribution in [2.75, 3.05) is 39.4 Å². The lowest BCUT2D eigenvalue weighted by molar-refractivity contribution is -0.147. The van der Waals surface area contributed by atoms with E-state index < -0.39 is 7.26 Å². The van der Waals surface area contributed by atoms with Crippen LogP contribution in [0, 0.1) is 0 Å². The van der Waals surface area contributed by atoms with Crippen molar-refractivity contribution in [2.24, 2.45) is 0 Å². The van der Waals surface area contributed by atoms with Gasteiger partial charge in [0.05, 0.1) is 6.16 Å². The van der Waals surface area contributed by atoms with Crippen LogP contribution in [0.25, 0.3) is 0 Å². The van der Waals surface area contributed by atoms with Gasteiger partial charge in [-0.05, 0) is 51.4 Å². The van der Waals surface area contributed by atoms with Crippen LogP contribution in [0.1, 0.15) is 84.5 Å². The van der Waals surface area contributed by atoms with Gasteiger partial charge in [-0.3, -0.25) is 0 Å². The molecule has 0 amide bonds. The van der Waals surface area contributed by atoms with Gasteiger partial charge in [-0.1, -0.05) is 45.3 Å². The van der Waals surface area contributed by atoms with Gasteiger partial charge in [-0.15, -0.1) is 0 Å². The third-order valence-electron chi connectivity index (χ3n) is 4.28. The van der Waals surface area contributed by atoms with Crippen molar-refractivity contribution >= 4 is 7.26 Å². The molecule has 0 aliphatic rings. The Balaban J connectivity index is 0. The van der Waals surface area contributed by atoms with E-state index in [9.17, 15) is 0 Å². The van der Waals surface area contributed by atoms with E-state index in [-0.39, 0.29) is 23.3 Å². The van der Waals surface area contributed by atoms with Crippen LogP contribution >= 0.6 is 7.26 Å². The summed E-state index contributed by atoms with van der Waals surface area (Å²) in [5, 5.41) is 0. The number of unbranched alkanes of at least 4 members (excludes halogenated alkanes) is 6. The first-order chi connectivity index (χ1) is 12.0. The maximum Gasteiger partial charge on any atom is 0.157 e. The summed E-state index contributed by atoms with van der Waals surface area (Å²) >= 11 is 0. The lowest BCUT2D eigenvalue weighted by atomic mass is 10.1. The largest absolute Gasteiger partial charge is 1.00 e. The molecule has 0 saturated carbocycles. The van der Waals surface area contributed by atoms with Crippen LogP contribution in [0.2, 0.25) is 0 Å². The summed E-state index contributed by atoms with van der Waals surface area (Å²) in [4.78, 5) is 0. The molecule has 0 aliphatic heterocycles. The second kappa shape index (κ2) is 20.3. The van der Waals surface area contributed by atoms with Crippen LogP contribution in [-0.2, 0) is 9.47 Å². The molecule has 0 heterocycles. The highest BCUT2D eigenvalue weighted by molar-refractivity contribution is 7.73. The molecule has 0 aromatic rings. The van der Waals surface area contributed by atoms with Gasteiger partial charge in [0.25, 0.3) is 0 Å². The van der Waals surface area contributed by atoms with Gasteiger partial charge in [0.2, 0.25) is 0 Å². The van der Waals surface area contributed by atoms with Crippen molar-refractivity contribution < 1.29 is 26.5 Å². The van der Waals surface area contributed by atoms with Crippen LogP contribution in [0.15, 0.2) is 12.2 Å². The van der Waals surface area contributed by atoms with E-state index in [2.05, 4.69) is 46.0 Å². The molecule has 0 rings (SSSR count). The zero-order valence-corrected chi connectivity index (χ0v) is 20.8. The summed E-state index contributed by atoms with van der Waals surface area (Å²) < 4.78 is 11.8. The van der Waals surface area contributed by atoms with E-state index in [0.29, 0.717) is 0 Å². The molecular formula is C22H46BrO2P. The van der Waals surface area contributed by atoms with Crippen molar-refractivity contribution in [3.05, 3.63) is 12.2 Å². The fourth-order valence-electron chi connectivity index (χ4n) is 2.60. The summed E-state index contributed by atoms with van der Waals surface area (Å²) in [7, 11) is -0.574. The van der Waals surface area contributed by atoms with Gasteiger partial charge in [-0.2, -0.15) is 0 Å². The standard InChI is InChI=1S/C22H46O2P.BrH/c1-6-8-19-23-22(24-20-9-7-2)18-16-14-12-10-11-13-15-17-21-25(3,4)5;/h11,13,22H,6-10,12,14-21H2,1-5H3;1H/q+1;/p-1/b13-11-;. The molecule has 0 unspecified atom stereocenters. The minimum Gasteiger partial charge on any atom is -1.00 e. The number of hydrogen-bond donors (Lipinski definition) is 0. The summed E-state index contributed by atoms with van der Waals surface area (Å²) in [6.07, 6.45) is 19.5. The minimum atomic E-state index is -0.574. The Morgan fingerprint density at radius 3 is 1.77 bits per heavy atom. The number of allylic oxidation sites excluding steroid dienone is 2. The summed E-state index contributed by atoms with van der Waals surface area (Å²) in [6.45, 7) is 13.4. The fraction of sp³-hybridized carbons (Fsp3) is 0.909. The number of rotatable bonds is 18. The van der Waals surface area contributed by atoms with E-state index >= 15 is 0 Å². The molecule has 0 atom stereocenters. The molecule has 4 heteroatoms. The van der Waals surface area contributed by atoms with E-state index in [0.717, 1.165) is 32.5 Å². The van der Waals surface area contributed by atoms with Crippen LogP contribution in [-0.4, -0.2) is 45.7 Å². The van der Waals surface area contributed by atoms with Gasteiger partial charge in [0, 0.05) is 40.5 Å². The van der Waals surface area contributed by atoms with Crippen molar-refractivity contribution in [1.29, 1.82) is 0 Å². The average molecular weight is 453 g/mol. The minimum absolute atomic E-state index is 0. The van der Waals surface area contributed by atoms with Crippen molar-refractivity contribution in [3.8, 4) is 0 Å². The van der Waals surface area contributed by atoms with Gasteiger partial charge < -0.3 is 26.5 Å². The normalized spacial score (nSPS) is 12.1. The molecule has 0 N–H and O–H groups in total. The smallest absolute Gasteiger partial charge is 0.157 e. The average Bonchev–Trinajstić information content (AvgIpc) is 2.55. The second-order valence-corrected chi connectivity index (χ2v) is 13.2. The number of hydrogen-bond acceptors (Lipinski definition) is 2. The zero-order chi connectivity index (χ0) is 18.8. The third kappa shape index (κ3) is 22.6. The summed E-state index contributed by atoms with van der Waals surface area (Å²) in [5.41, 5.74) is 0. The molecular weight excluding hydrogens is 407 g/mol. The molecule has 0 radical (unpaired) electrons. The fourth-order valence-corrected chi connectivity index (χ4v) is 3.73. The first kappa shape index (κ1) is 28.8. The third-order valence-corrected chi connectivity index (χ3v) is 5.94. The number of ether oxygens (including phenoxy) is 2. The molecule has 0 aliphatic carbocycles. The van der Waals surface area contributed by atoms with Gasteiger partial charge in [-0.25, -0.2) is 0 Å². The lowest BCUT2D eigenvalue weighted by Crippen LogP contribution is -3.00. The van der Waals surface area contributed by atoms with Gasteiger partial charge in [0.15, 0.2) is 6.29 Å². The Kier molecular flexibility index (Phi) is 22.5. The summed E-state index contributed by atoms with van der Waals surface area (Å²) in [5.74, 6) is 0. The first-order valence-corrected chi connectivity index (χ1v) is 14.0. The quantitative estimate of drug-likeness (QED) is 0.134. The Labute approximate surface area is 176 Å². The Bertz CT molecular complexity index is 293. The molecule has 0 fully saturated rings. The lowest BCUT2D eigenvalue weighted by Gasteiger charge is -2.18. The topological polar surface area (TPSA) is 18.5 Å². The SMILES string of the molecule is CCCCOC(CCCCC/C=C\CCC[P+](C)(C)C)OCCCC.[Br-]. The van der Waals surface area contributed by atoms with Crippen molar-refractivity contribution in [3.63, 3.8) is 0 Å². The molecule has 26 heavy (non-hydrogen) atoms. The predicted molar refractivity (Wildman–Crippen MR) is 117 cm³/mol. The van der Waals surface area contributed by atoms with Crippen molar-refractivity contribution in [1.82, 2.24) is 0 Å². The van der Waals surface area contributed by atoms with Gasteiger partial charge >= 0.3 is 0 Å².